The van der Waals surface area contributed by atoms with E-state index in [4.69, 9.17) is 10.2 Å². The van der Waals surface area contributed by atoms with E-state index in [9.17, 15) is 27.1 Å². The van der Waals surface area contributed by atoms with Crippen molar-refractivity contribution >= 4 is 21.6 Å². The summed E-state index contributed by atoms with van der Waals surface area (Å²) in [5.41, 5.74) is -0.519. The molecule has 1 rings (SSSR count). The van der Waals surface area contributed by atoms with E-state index >= 15 is 0 Å². The Bertz CT molecular complexity index is 655. The maximum absolute atomic E-state index is 13.3. The number of anilines is 1. The molecule has 11 heteroatoms. The molecule has 0 aliphatic carbocycles. The molecule has 1 aromatic rings. The molecule has 5 N–H and O–H groups in total. The SMILES string of the molecule is O=C(CS(=O)(=O)Nc1ccc(F)cc1F)NCC(O)C(O)CO. The van der Waals surface area contributed by atoms with Gasteiger partial charge < -0.3 is 20.6 Å². The Balaban J connectivity index is 2.59. The molecule has 8 nitrogen and oxygen atoms in total. The van der Waals surface area contributed by atoms with Crippen molar-refractivity contribution in [2.45, 2.75) is 12.2 Å². The third kappa shape index (κ3) is 6.44. The number of hydrogen-bond acceptors (Lipinski definition) is 6. The Labute approximate surface area is 130 Å². The zero-order valence-electron chi connectivity index (χ0n) is 11.7. The monoisotopic (exact) mass is 354 g/mol. The van der Waals surface area contributed by atoms with Gasteiger partial charge in [0.2, 0.25) is 15.9 Å². The van der Waals surface area contributed by atoms with Crippen LogP contribution in [0.4, 0.5) is 14.5 Å². The number of nitrogens with one attached hydrogen (secondary N) is 2. The van der Waals surface area contributed by atoms with Gasteiger partial charge in [0.15, 0.2) is 0 Å². The number of amides is 1. The molecule has 0 bridgehead atoms. The van der Waals surface area contributed by atoms with Crippen molar-refractivity contribution in [2.75, 3.05) is 23.6 Å². The van der Waals surface area contributed by atoms with E-state index in [1.807, 2.05) is 5.32 Å². The molecule has 0 radical (unpaired) electrons. The molecule has 0 saturated carbocycles. The number of carbonyl (C=O) groups excluding carboxylic acids is 1. The van der Waals surface area contributed by atoms with Crippen LogP contribution in [-0.4, -0.2) is 60.8 Å². The lowest BCUT2D eigenvalue weighted by Crippen LogP contribution is -2.42. The summed E-state index contributed by atoms with van der Waals surface area (Å²) in [5, 5.41) is 29.0. The minimum atomic E-state index is -4.26. The van der Waals surface area contributed by atoms with Gasteiger partial charge in [-0.05, 0) is 12.1 Å². The maximum Gasteiger partial charge on any atom is 0.241 e. The van der Waals surface area contributed by atoms with E-state index in [1.165, 1.54) is 0 Å². The van der Waals surface area contributed by atoms with E-state index in [0.29, 0.717) is 6.07 Å². The van der Waals surface area contributed by atoms with Crippen molar-refractivity contribution in [3.63, 3.8) is 0 Å². The van der Waals surface area contributed by atoms with E-state index in [1.54, 1.807) is 4.72 Å². The lowest BCUT2D eigenvalue weighted by molar-refractivity contribution is -0.119. The highest BCUT2D eigenvalue weighted by Crippen LogP contribution is 2.16. The van der Waals surface area contributed by atoms with Gasteiger partial charge in [-0.2, -0.15) is 0 Å². The van der Waals surface area contributed by atoms with Gasteiger partial charge in [0.1, 0.15) is 23.5 Å². The molecule has 0 spiro atoms. The Kier molecular flexibility index (Phi) is 6.81. The molecule has 0 aliphatic rings. The average molecular weight is 354 g/mol. The quantitative estimate of drug-likeness (QED) is 0.387. The molecule has 0 aromatic heterocycles. The number of aliphatic hydroxyl groups is 3. The van der Waals surface area contributed by atoms with Crippen LogP contribution in [0, 0.1) is 11.6 Å². The number of carbonyl (C=O) groups is 1. The maximum atomic E-state index is 13.3. The first-order valence-corrected chi connectivity index (χ1v) is 7.99. The van der Waals surface area contributed by atoms with E-state index in [2.05, 4.69) is 0 Å². The van der Waals surface area contributed by atoms with Crippen molar-refractivity contribution in [1.29, 1.82) is 0 Å². The Morgan fingerprint density at radius 1 is 1.22 bits per heavy atom. The first-order chi connectivity index (χ1) is 10.6. The highest BCUT2D eigenvalue weighted by molar-refractivity contribution is 7.93. The number of aliphatic hydroxyl groups excluding tert-OH is 3. The second kappa shape index (κ2) is 8.15. The second-order valence-corrected chi connectivity index (χ2v) is 6.33. The summed E-state index contributed by atoms with van der Waals surface area (Å²) in [4.78, 5) is 11.5. The normalized spacial score (nSPS) is 14.1. The molecule has 1 aromatic carbocycles. The predicted molar refractivity (Wildman–Crippen MR) is 75.9 cm³/mol. The van der Waals surface area contributed by atoms with Crippen molar-refractivity contribution < 1.29 is 37.3 Å². The van der Waals surface area contributed by atoms with E-state index in [-0.39, 0.29) is 0 Å². The van der Waals surface area contributed by atoms with Crippen LogP contribution in [0.15, 0.2) is 18.2 Å². The molecule has 2 atom stereocenters. The van der Waals surface area contributed by atoms with Gasteiger partial charge in [-0.15, -0.1) is 0 Å². The lowest BCUT2D eigenvalue weighted by atomic mass is 10.2. The Hall–Kier alpha value is -1.82. The summed E-state index contributed by atoms with van der Waals surface area (Å²) in [5.74, 6) is -4.13. The van der Waals surface area contributed by atoms with Gasteiger partial charge in [-0.1, -0.05) is 0 Å². The zero-order valence-corrected chi connectivity index (χ0v) is 12.6. The van der Waals surface area contributed by atoms with Crippen LogP contribution in [0.2, 0.25) is 0 Å². The summed E-state index contributed by atoms with van der Waals surface area (Å²) in [6.45, 7) is -1.22. The van der Waals surface area contributed by atoms with Crippen molar-refractivity contribution in [3.8, 4) is 0 Å². The first kappa shape index (κ1) is 19.2. The van der Waals surface area contributed by atoms with Crippen molar-refractivity contribution in [1.82, 2.24) is 5.32 Å². The number of benzene rings is 1. The molecular formula is C12H16F2N2O6S. The topological polar surface area (TPSA) is 136 Å². The fourth-order valence-corrected chi connectivity index (χ4v) is 2.50. The average Bonchev–Trinajstić information content (AvgIpc) is 2.46. The fourth-order valence-electron chi connectivity index (χ4n) is 1.48. The molecule has 130 valence electrons. The van der Waals surface area contributed by atoms with Crippen LogP contribution >= 0.6 is 0 Å². The van der Waals surface area contributed by atoms with Gasteiger partial charge >= 0.3 is 0 Å². The zero-order chi connectivity index (χ0) is 17.6. The summed E-state index contributed by atoms with van der Waals surface area (Å²) in [6.07, 6.45) is -2.97. The summed E-state index contributed by atoms with van der Waals surface area (Å²) >= 11 is 0. The van der Waals surface area contributed by atoms with Crippen LogP contribution in [0.5, 0.6) is 0 Å². The highest BCUT2D eigenvalue weighted by atomic mass is 32.2. The Morgan fingerprint density at radius 2 is 1.87 bits per heavy atom. The number of rotatable bonds is 8. The van der Waals surface area contributed by atoms with Crippen molar-refractivity contribution in [2.24, 2.45) is 0 Å². The third-order valence-electron chi connectivity index (χ3n) is 2.66. The van der Waals surface area contributed by atoms with Crippen LogP contribution in [0.1, 0.15) is 0 Å². The molecule has 0 heterocycles. The van der Waals surface area contributed by atoms with E-state index < -0.39 is 64.4 Å². The molecule has 0 aliphatic heterocycles. The fraction of sp³-hybridized carbons (Fsp3) is 0.417. The highest BCUT2D eigenvalue weighted by Gasteiger charge is 2.21. The van der Waals surface area contributed by atoms with Crippen LogP contribution in [-0.2, 0) is 14.8 Å². The summed E-state index contributed by atoms with van der Waals surface area (Å²) in [7, 11) is -4.26. The molecule has 1 amide bonds. The molecular weight excluding hydrogens is 338 g/mol. The van der Waals surface area contributed by atoms with Gasteiger partial charge in [-0.25, -0.2) is 17.2 Å². The van der Waals surface area contributed by atoms with Gasteiger partial charge in [0.05, 0.1) is 18.4 Å². The first-order valence-electron chi connectivity index (χ1n) is 6.34. The minimum Gasteiger partial charge on any atom is -0.394 e. The smallest absolute Gasteiger partial charge is 0.241 e. The molecule has 0 saturated heterocycles. The van der Waals surface area contributed by atoms with Crippen LogP contribution < -0.4 is 10.0 Å². The minimum absolute atomic E-state index is 0.477. The number of halogens is 2. The van der Waals surface area contributed by atoms with Crippen LogP contribution in [0.3, 0.4) is 0 Å². The van der Waals surface area contributed by atoms with Gasteiger partial charge in [-0.3, -0.25) is 9.52 Å². The Morgan fingerprint density at radius 3 is 2.43 bits per heavy atom. The number of hydrogen-bond donors (Lipinski definition) is 5. The largest absolute Gasteiger partial charge is 0.394 e. The van der Waals surface area contributed by atoms with Crippen LogP contribution in [0.25, 0.3) is 0 Å². The summed E-state index contributed by atoms with van der Waals surface area (Å²) in [6, 6.07) is 2.18. The molecule has 0 fully saturated rings. The van der Waals surface area contributed by atoms with E-state index in [0.717, 1.165) is 12.1 Å². The lowest BCUT2D eigenvalue weighted by Gasteiger charge is -2.16. The molecule has 2 unspecified atom stereocenters. The standard InChI is InChI=1S/C12H16F2N2O6S/c13-7-1-2-9(8(14)3-7)16-23(21,22)6-12(20)15-4-10(18)11(19)5-17/h1-3,10-11,16-19H,4-6H2,(H,15,20). The molecule has 23 heavy (non-hydrogen) atoms. The second-order valence-electron chi connectivity index (χ2n) is 4.61. The predicted octanol–water partition coefficient (Wildman–Crippen LogP) is -1.46. The third-order valence-corrected chi connectivity index (χ3v) is 3.83. The van der Waals surface area contributed by atoms with Gasteiger partial charge in [0, 0.05) is 12.6 Å². The summed E-state index contributed by atoms with van der Waals surface area (Å²) < 4.78 is 51.2. The van der Waals surface area contributed by atoms with Gasteiger partial charge in [0.25, 0.3) is 0 Å². The number of sulfonamides is 1. The van der Waals surface area contributed by atoms with Crippen molar-refractivity contribution in [3.05, 3.63) is 29.8 Å².